The van der Waals surface area contributed by atoms with Crippen LogP contribution in [0.5, 0.6) is 0 Å². The molecule has 32 heavy (non-hydrogen) atoms. The van der Waals surface area contributed by atoms with Crippen molar-refractivity contribution in [3.63, 3.8) is 0 Å². The molecule has 0 unspecified atom stereocenters. The van der Waals surface area contributed by atoms with E-state index >= 15 is 0 Å². The SMILES string of the molecule is Cc1ccc(-n2c(C)cc(C(=O)COC(=O)CN3C(=O)NC4(CCCC4)C3=O)c2C)cc1. The molecule has 2 aliphatic rings. The fraction of sp³-hybridized carbons (Fsp3) is 0.417. The molecule has 168 valence electrons. The van der Waals surface area contributed by atoms with Crippen LogP contribution in [0, 0.1) is 20.8 Å². The van der Waals surface area contributed by atoms with Crippen molar-refractivity contribution in [1.29, 1.82) is 0 Å². The maximum atomic E-state index is 12.7. The van der Waals surface area contributed by atoms with Gasteiger partial charge >= 0.3 is 12.0 Å². The molecule has 1 aliphatic carbocycles. The number of aromatic nitrogens is 1. The molecule has 8 heteroatoms. The number of amides is 3. The first-order chi connectivity index (χ1) is 15.2. The largest absolute Gasteiger partial charge is 0.456 e. The van der Waals surface area contributed by atoms with Gasteiger partial charge in [0.2, 0.25) is 5.78 Å². The first kappa shape index (κ1) is 21.8. The molecule has 3 amide bonds. The van der Waals surface area contributed by atoms with E-state index in [1.807, 2.05) is 49.6 Å². The Bertz CT molecular complexity index is 1090. The maximum absolute atomic E-state index is 12.7. The Morgan fingerprint density at radius 2 is 1.72 bits per heavy atom. The number of urea groups is 1. The Labute approximate surface area is 186 Å². The summed E-state index contributed by atoms with van der Waals surface area (Å²) < 4.78 is 7.10. The summed E-state index contributed by atoms with van der Waals surface area (Å²) in [5.74, 6) is -1.51. The summed E-state index contributed by atoms with van der Waals surface area (Å²) in [5.41, 5.74) is 3.33. The third-order valence-corrected chi connectivity index (χ3v) is 6.38. The Morgan fingerprint density at radius 1 is 1.06 bits per heavy atom. The van der Waals surface area contributed by atoms with Crippen LogP contribution < -0.4 is 5.32 Å². The van der Waals surface area contributed by atoms with Crippen LogP contribution in [-0.4, -0.2) is 51.8 Å². The van der Waals surface area contributed by atoms with Crippen LogP contribution in [0.15, 0.2) is 30.3 Å². The van der Waals surface area contributed by atoms with Gasteiger partial charge < -0.3 is 14.6 Å². The molecule has 2 fully saturated rings. The molecule has 1 saturated heterocycles. The quantitative estimate of drug-likeness (QED) is 0.426. The fourth-order valence-corrected chi connectivity index (χ4v) is 4.67. The van der Waals surface area contributed by atoms with Gasteiger partial charge in [-0.2, -0.15) is 0 Å². The number of imide groups is 1. The molecule has 1 N–H and O–H groups in total. The predicted octanol–water partition coefficient (Wildman–Crippen LogP) is 2.99. The van der Waals surface area contributed by atoms with Gasteiger partial charge in [-0.1, -0.05) is 30.5 Å². The van der Waals surface area contributed by atoms with Gasteiger partial charge in [-0.3, -0.25) is 19.3 Å². The molecular formula is C24H27N3O5. The Morgan fingerprint density at radius 3 is 2.38 bits per heavy atom. The van der Waals surface area contributed by atoms with Crippen molar-refractivity contribution >= 4 is 23.7 Å². The number of aryl methyl sites for hydroxylation is 2. The number of hydrogen-bond acceptors (Lipinski definition) is 5. The van der Waals surface area contributed by atoms with Crippen LogP contribution in [0.2, 0.25) is 0 Å². The number of carbonyl (C=O) groups excluding carboxylic acids is 4. The molecule has 2 aromatic rings. The van der Waals surface area contributed by atoms with Crippen molar-refractivity contribution in [3.8, 4) is 5.69 Å². The highest BCUT2D eigenvalue weighted by Crippen LogP contribution is 2.35. The number of nitrogens with one attached hydrogen (secondary N) is 1. The molecule has 1 saturated carbocycles. The second-order valence-corrected chi connectivity index (χ2v) is 8.65. The summed E-state index contributed by atoms with van der Waals surface area (Å²) in [6.45, 7) is 4.81. The number of rotatable bonds is 6. The minimum atomic E-state index is -0.874. The van der Waals surface area contributed by atoms with E-state index < -0.39 is 30.7 Å². The standard InChI is InChI=1S/C24H27N3O5/c1-15-6-8-18(9-7-15)27-16(2)12-19(17(27)3)20(28)14-32-21(29)13-26-22(30)24(25-23(26)31)10-4-5-11-24/h6-9,12H,4-5,10-11,13-14H2,1-3H3,(H,25,31). The van der Waals surface area contributed by atoms with Gasteiger partial charge in [-0.15, -0.1) is 0 Å². The van der Waals surface area contributed by atoms with Gasteiger partial charge in [0, 0.05) is 22.6 Å². The van der Waals surface area contributed by atoms with E-state index in [9.17, 15) is 19.2 Å². The summed E-state index contributed by atoms with van der Waals surface area (Å²) in [6.07, 6.45) is 2.88. The Hall–Kier alpha value is -3.42. The lowest BCUT2D eigenvalue weighted by atomic mass is 9.98. The molecule has 0 bridgehead atoms. The van der Waals surface area contributed by atoms with Crippen LogP contribution >= 0.6 is 0 Å². The molecule has 1 aliphatic heterocycles. The van der Waals surface area contributed by atoms with Gasteiger partial charge in [-0.25, -0.2) is 4.79 Å². The van der Waals surface area contributed by atoms with Crippen molar-refractivity contribution in [2.45, 2.75) is 52.0 Å². The Balaban J connectivity index is 1.39. The van der Waals surface area contributed by atoms with E-state index in [0.29, 0.717) is 18.4 Å². The van der Waals surface area contributed by atoms with E-state index in [0.717, 1.165) is 40.4 Å². The highest BCUT2D eigenvalue weighted by molar-refractivity contribution is 6.09. The minimum absolute atomic E-state index is 0.339. The summed E-state index contributed by atoms with van der Waals surface area (Å²) >= 11 is 0. The highest BCUT2D eigenvalue weighted by atomic mass is 16.5. The predicted molar refractivity (Wildman–Crippen MR) is 117 cm³/mol. The number of hydrogen-bond donors (Lipinski definition) is 1. The number of Topliss-reactive ketones (excluding diaryl/α,β-unsaturated/α-hetero) is 1. The summed E-state index contributed by atoms with van der Waals surface area (Å²) in [6, 6.07) is 9.16. The number of ketones is 1. The average molecular weight is 437 g/mol. The third kappa shape index (κ3) is 3.81. The first-order valence-corrected chi connectivity index (χ1v) is 10.8. The molecule has 1 aromatic heterocycles. The van der Waals surface area contributed by atoms with Gasteiger partial charge in [-0.05, 0) is 51.8 Å². The number of nitrogens with zero attached hydrogens (tertiary/aromatic N) is 2. The van der Waals surface area contributed by atoms with Gasteiger partial charge in [0.05, 0.1) is 0 Å². The van der Waals surface area contributed by atoms with Crippen molar-refractivity contribution in [1.82, 2.24) is 14.8 Å². The second-order valence-electron chi connectivity index (χ2n) is 8.65. The monoisotopic (exact) mass is 437 g/mol. The molecule has 4 rings (SSSR count). The maximum Gasteiger partial charge on any atom is 0.326 e. The summed E-state index contributed by atoms with van der Waals surface area (Å²) in [4.78, 5) is 50.8. The fourth-order valence-electron chi connectivity index (χ4n) is 4.67. The molecule has 8 nitrogen and oxygen atoms in total. The number of benzene rings is 1. The van der Waals surface area contributed by atoms with E-state index in [1.165, 1.54) is 0 Å². The molecule has 0 atom stereocenters. The van der Waals surface area contributed by atoms with Crippen molar-refractivity contribution in [3.05, 3.63) is 52.8 Å². The zero-order valence-corrected chi connectivity index (χ0v) is 18.6. The first-order valence-electron chi connectivity index (χ1n) is 10.8. The zero-order valence-electron chi connectivity index (χ0n) is 18.6. The molecule has 2 heterocycles. The van der Waals surface area contributed by atoms with E-state index in [1.54, 1.807) is 6.07 Å². The van der Waals surface area contributed by atoms with Gasteiger partial charge in [0.15, 0.2) is 6.61 Å². The molecular weight excluding hydrogens is 410 g/mol. The van der Waals surface area contributed by atoms with Crippen molar-refractivity contribution in [2.75, 3.05) is 13.2 Å². The van der Waals surface area contributed by atoms with Gasteiger partial charge in [0.25, 0.3) is 5.91 Å². The van der Waals surface area contributed by atoms with Crippen molar-refractivity contribution < 1.29 is 23.9 Å². The molecule has 1 aromatic carbocycles. The van der Waals surface area contributed by atoms with Crippen LogP contribution in [0.4, 0.5) is 4.79 Å². The topological polar surface area (TPSA) is 97.7 Å². The van der Waals surface area contributed by atoms with Crippen molar-refractivity contribution in [2.24, 2.45) is 0 Å². The Kier molecular flexibility index (Phi) is 5.62. The second kappa shape index (κ2) is 8.26. The lowest BCUT2D eigenvalue weighted by Gasteiger charge is -2.19. The highest BCUT2D eigenvalue weighted by Gasteiger charge is 2.52. The smallest absolute Gasteiger partial charge is 0.326 e. The van der Waals surface area contributed by atoms with Gasteiger partial charge in [0.1, 0.15) is 12.1 Å². The van der Waals surface area contributed by atoms with E-state index in [4.69, 9.17) is 4.74 Å². The number of esters is 1. The zero-order chi connectivity index (χ0) is 23.0. The van der Waals surface area contributed by atoms with Crippen LogP contribution in [0.25, 0.3) is 5.69 Å². The lowest BCUT2D eigenvalue weighted by molar-refractivity contribution is -0.146. The van der Waals surface area contributed by atoms with Crippen LogP contribution in [-0.2, 0) is 14.3 Å². The van der Waals surface area contributed by atoms with Crippen LogP contribution in [0.3, 0.4) is 0 Å². The minimum Gasteiger partial charge on any atom is -0.456 e. The normalized spacial score (nSPS) is 17.2. The van der Waals surface area contributed by atoms with E-state index in [2.05, 4.69) is 5.32 Å². The molecule has 0 radical (unpaired) electrons. The number of carbonyl (C=O) groups is 4. The van der Waals surface area contributed by atoms with E-state index in [-0.39, 0.29) is 11.7 Å². The van der Waals surface area contributed by atoms with Crippen LogP contribution in [0.1, 0.15) is 53.0 Å². The molecule has 1 spiro atoms. The third-order valence-electron chi connectivity index (χ3n) is 6.38. The number of ether oxygens (including phenoxy) is 1. The average Bonchev–Trinajstić information content (AvgIpc) is 3.41. The summed E-state index contributed by atoms with van der Waals surface area (Å²) in [7, 11) is 0. The lowest BCUT2D eigenvalue weighted by Crippen LogP contribution is -2.44. The summed E-state index contributed by atoms with van der Waals surface area (Å²) in [5, 5.41) is 2.72.